The fourth-order valence-electron chi connectivity index (χ4n) is 3.03. The van der Waals surface area contributed by atoms with E-state index in [1.807, 2.05) is 43.5 Å². The number of hydrogen-bond donors (Lipinski definition) is 2. The second kappa shape index (κ2) is 8.89. The largest absolute Gasteiger partial charge is 0.298 e. The number of thiazole rings is 1. The first kappa shape index (κ1) is 21.7. The Morgan fingerprint density at radius 2 is 1.78 bits per heavy atom. The molecule has 2 heterocycles. The van der Waals surface area contributed by atoms with Gasteiger partial charge in [0.25, 0.3) is 15.9 Å². The van der Waals surface area contributed by atoms with Gasteiger partial charge in [-0.15, -0.1) is 11.3 Å². The number of nitrogens with zero attached hydrogens (tertiary/aromatic N) is 2. The Morgan fingerprint density at radius 1 is 1.00 bits per heavy atom. The van der Waals surface area contributed by atoms with Crippen molar-refractivity contribution in [3.63, 3.8) is 0 Å². The molecule has 0 aliphatic rings. The highest BCUT2D eigenvalue weighted by molar-refractivity contribution is 7.92. The van der Waals surface area contributed by atoms with Crippen molar-refractivity contribution < 1.29 is 13.2 Å². The number of pyridine rings is 1. The summed E-state index contributed by atoms with van der Waals surface area (Å²) in [6.07, 6.45) is 2.74. The highest BCUT2D eigenvalue weighted by Crippen LogP contribution is 2.27. The molecule has 4 aromatic rings. The van der Waals surface area contributed by atoms with Crippen LogP contribution in [0.1, 0.15) is 21.5 Å². The van der Waals surface area contributed by atoms with Gasteiger partial charge in [0, 0.05) is 17.1 Å². The van der Waals surface area contributed by atoms with Crippen LogP contribution in [-0.4, -0.2) is 24.3 Å². The van der Waals surface area contributed by atoms with Crippen molar-refractivity contribution in [2.45, 2.75) is 18.7 Å². The molecule has 0 spiro atoms. The molecule has 2 aromatic carbocycles. The van der Waals surface area contributed by atoms with Gasteiger partial charge >= 0.3 is 0 Å². The lowest BCUT2D eigenvalue weighted by Crippen LogP contribution is -2.19. The third kappa shape index (κ3) is 4.84. The predicted octanol–water partition coefficient (Wildman–Crippen LogP) is 4.88. The molecule has 0 unspecified atom stereocenters. The molecular formula is C23H20N4O3S2. The molecule has 2 N–H and O–H groups in total. The normalized spacial score (nSPS) is 11.2. The number of aromatic nitrogens is 2. The molecule has 4 rings (SSSR count). The summed E-state index contributed by atoms with van der Waals surface area (Å²) >= 11 is 1.29. The Balaban J connectivity index is 1.55. The number of anilines is 2. The van der Waals surface area contributed by atoms with E-state index < -0.39 is 15.9 Å². The summed E-state index contributed by atoms with van der Waals surface area (Å²) in [7, 11) is -3.88. The summed E-state index contributed by atoms with van der Waals surface area (Å²) in [4.78, 5) is 21.4. The number of sulfonamides is 1. The number of rotatable bonds is 6. The molecule has 2 aromatic heterocycles. The average Bonchev–Trinajstić information content (AvgIpc) is 3.22. The van der Waals surface area contributed by atoms with Crippen molar-refractivity contribution in [3.05, 3.63) is 89.1 Å². The smallest absolute Gasteiger partial charge is 0.261 e. The van der Waals surface area contributed by atoms with E-state index in [0.29, 0.717) is 5.13 Å². The minimum atomic E-state index is -3.88. The van der Waals surface area contributed by atoms with Gasteiger partial charge in [0.1, 0.15) is 0 Å². The van der Waals surface area contributed by atoms with E-state index in [1.165, 1.54) is 41.9 Å². The molecule has 0 fully saturated rings. The van der Waals surface area contributed by atoms with Crippen LogP contribution in [0.3, 0.4) is 0 Å². The zero-order valence-corrected chi connectivity index (χ0v) is 19.0. The Bertz CT molecular complexity index is 1380. The van der Waals surface area contributed by atoms with Gasteiger partial charge in [-0.1, -0.05) is 41.5 Å². The average molecular weight is 465 g/mol. The van der Waals surface area contributed by atoms with Crippen LogP contribution in [0.15, 0.2) is 77.3 Å². The van der Waals surface area contributed by atoms with Crippen LogP contribution in [0.2, 0.25) is 0 Å². The van der Waals surface area contributed by atoms with Crippen LogP contribution in [0.5, 0.6) is 0 Å². The number of aryl methyl sites for hydroxylation is 2. The van der Waals surface area contributed by atoms with Crippen LogP contribution in [-0.2, 0) is 10.0 Å². The van der Waals surface area contributed by atoms with Gasteiger partial charge in [0.05, 0.1) is 28.0 Å². The van der Waals surface area contributed by atoms with Crippen molar-refractivity contribution in [1.82, 2.24) is 9.97 Å². The standard InChI is InChI=1S/C23H20N4O3S2/c1-15-6-8-18(9-7-15)32(29,30)27-20-13-24-11-10-19(20)22(28)26-23-25-21(14-31-23)17-5-3-4-16(2)12-17/h3-14,27H,1-2H3,(H,25,26,28). The fourth-order valence-corrected chi connectivity index (χ4v) is 4.81. The molecule has 162 valence electrons. The highest BCUT2D eigenvalue weighted by atomic mass is 32.2. The van der Waals surface area contributed by atoms with Gasteiger partial charge in [-0.05, 0) is 38.1 Å². The summed E-state index contributed by atoms with van der Waals surface area (Å²) in [6.45, 7) is 3.87. The highest BCUT2D eigenvalue weighted by Gasteiger charge is 2.20. The van der Waals surface area contributed by atoms with Gasteiger partial charge in [-0.2, -0.15) is 0 Å². The molecule has 1 amide bonds. The Hall–Kier alpha value is -3.56. The fraction of sp³-hybridized carbons (Fsp3) is 0.0870. The van der Waals surface area contributed by atoms with Gasteiger partial charge in [0.2, 0.25) is 0 Å². The van der Waals surface area contributed by atoms with E-state index in [4.69, 9.17) is 0 Å². The lowest BCUT2D eigenvalue weighted by Gasteiger charge is -2.12. The van der Waals surface area contributed by atoms with Crippen LogP contribution in [0.25, 0.3) is 11.3 Å². The van der Waals surface area contributed by atoms with Crippen LogP contribution in [0, 0.1) is 13.8 Å². The van der Waals surface area contributed by atoms with E-state index in [-0.39, 0.29) is 16.1 Å². The number of hydrogen-bond acceptors (Lipinski definition) is 6. The first-order valence-corrected chi connectivity index (χ1v) is 12.1. The van der Waals surface area contributed by atoms with E-state index >= 15 is 0 Å². The lowest BCUT2D eigenvalue weighted by molar-refractivity contribution is 0.102. The lowest BCUT2D eigenvalue weighted by atomic mass is 10.1. The quantitative estimate of drug-likeness (QED) is 0.424. The van der Waals surface area contributed by atoms with Crippen molar-refractivity contribution >= 4 is 38.1 Å². The zero-order valence-electron chi connectivity index (χ0n) is 17.4. The van der Waals surface area contributed by atoms with Gasteiger partial charge < -0.3 is 0 Å². The second-order valence-electron chi connectivity index (χ2n) is 7.20. The molecule has 9 heteroatoms. The summed E-state index contributed by atoms with van der Waals surface area (Å²) < 4.78 is 28.0. The van der Waals surface area contributed by atoms with E-state index in [9.17, 15) is 13.2 Å². The predicted molar refractivity (Wildman–Crippen MR) is 126 cm³/mol. The molecule has 0 aliphatic carbocycles. The van der Waals surface area contributed by atoms with Crippen molar-refractivity contribution in [3.8, 4) is 11.3 Å². The third-order valence-corrected chi connectivity index (χ3v) is 6.82. The summed E-state index contributed by atoms with van der Waals surface area (Å²) in [5.74, 6) is -0.487. The molecule has 0 radical (unpaired) electrons. The molecule has 0 saturated carbocycles. The summed E-state index contributed by atoms with van der Waals surface area (Å²) in [5.41, 5.74) is 3.99. The molecule has 32 heavy (non-hydrogen) atoms. The van der Waals surface area contributed by atoms with Gasteiger partial charge in [-0.3, -0.25) is 19.8 Å². The third-order valence-electron chi connectivity index (χ3n) is 4.68. The molecule has 0 bridgehead atoms. The molecule has 0 atom stereocenters. The number of nitrogens with one attached hydrogen (secondary N) is 2. The van der Waals surface area contributed by atoms with Crippen LogP contribution >= 0.6 is 11.3 Å². The number of carbonyl (C=O) groups is 1. The number of amides is 1. The second-order valence-corrected chi connectivity index (χ2v) is 9.74. The van der Waals surface area contributed by atoms with Crippen molar-refractivity contribution in [1.29, 1.82) is 0 Å². The monoisotopic (exact) mass is 464 g/mol. The summed E-state index contributed by atoms with van der Waals surface area (Å²) in [6, 6.07) is 15.8. The first-order valence-electron chi connectivity index (χ1n) is 9.69. The minimum Gasteiger partial charge on any atom is -0.298 e. The van der Waals surface area contributed by atoms with Gasteiger partial charge in [0.15, 0.2) is 5.13 Å². The number of benzene rings is 2. The van der Waals surface area contributed by atoms with Crippen molar-refractivity contribution in [2.75, 3.05) is 10.0 Å². The first-order chi connectivity index (χ1) is 15.3. The Kier molecular flexibility index (Phi) is 6.02. The van der Waals surface area contributed by atoms with E-state index in [0.717, 1.165) is 22.4 Å². The van der Waals surface area contributed by atoms with Crippen LogP contribution in [0.4, 0.5) is 10.8 Å². The number of carbonyl (C=O) groups excluding carboxylic acids is 1. The van der Waals surface area contributed by atoms with Crippen LogP contribution < -0.4 is 10.0 Å². The molecule has 7 nitrogen and oxygen atoms in total. The topological polar surface area (TPSA) is 101 Å². The maximum absolute atomic E-state index is 12.9. The van der Waals surface area contributed by atoms with E-state index in [2.05, 4.69) is 20.0 Å². The molecule has 0 saturated heterocycles. The zero-order chi connectivity index (χ0) is 22.7. The Morgan fingerprint density at radius 3 is 2.53 bits per heavy atom. The molecular weight excluding hydrogens is 444 g/mol. The van der Waals surface area contributed by atoms with Crippen molar-refractivity contribution in [2.24, 2.45) is 0 Å². The summed E-state index contributed by atoms with van der Waals surface area (Å²) in [5, 5.41) is 5.01. The SMILES string of the molecule is Cc1ccc(S(=O)(=O)Nc2cnccc2C(=O)Nc2nc(-c3cccc(C)c3)cs2)cc1. The Labute approximate surface area is 190 Å². The van der Waals surface area contributed by atoms with E-state index in [1.54, 1.807) is 12.1 Å². The minimum absolute atomic E-state index is 0.0843. The maximum Gasteiger partial charge on any atom is 0.261 e. The van der Waals surface area contributed by atoms with Gasteiger partial charge in [-0.25, -0.2) is 13.4 Å². The maximum atomic E-state index is 12.9. The molecule has 0 aliphatic heterocycles.